The summed E-state index contributed by atoms with van der Waals surface area (Å²) < 4.78 is 5.39. The Bertz CT molecular complexity index is 475. The number of hydrogen-bond acceptors (Lipinski definition) is 6. The third kappa shape index (κ3) is 4.66. The van der Waals surface area contributed by atoms with E-state index in [-0.39, 0.29) is 18.0 Å². The van der Waals surface area contributed by atoms with Crippen LogP contribution in [0.1, 0.15) is 0 Å². The number of aliphatic hydroxyl groups is 1. The zero-order chi connectivity index (χ0) is 15.2. The number of β-amino-alcohol motifs (C(OH)–C–C–N with tert-alkyl or cyclic N) is 1. The first-order valence-corrected chi connectivity index (χ1v) is 7.01. The molecule has 0 aliphatic carbocycles. The molecule has 21 heavy (non-hydrogen) atoms. The number of piperazine rings is 1. The molecule has 116 valence electrons. The van der Waals surface area contributed by atoms with Gasteiger partial charge in [-0.05, 0) is 13.1 Å². The lowest BCUT2D eigenvalue weighted by Gasteiger charge is -2.33. The van der Waals surface area contributed by atoms with Gasteiger partial charge in [-0.25, -0.2) is 0 Å². The van der Waals surface area contributed by atoms with E-state index >= 15 is 0 Å². The lowest BCUT2D eigenvalue weighted by atomic mass is 10.2. The zero-order valence-electron chi connectivity index (χ0n) is 12.1. The number of nitro benzene ring substituents is 1. The van der Waals surface area contributed by atoms with E-state index in [0.29, 0.717) is 6.54 Å². The lowest BCUT2D eigenvalue weighted by molar-refractivity contribution is -0.385. The van der Waals surface area contributed by atoms with Gasteiger partial charge in [-0.1, -0.05) is 12.1 Å². The second kappa shape index (κ2) is 7.35. The van der Waals surface area contributed by atoms with E-state index < -0.39 is 11.0 Å². The maximum Gasteiger partial charge on any atom is 0.310 e. The van der Waals surface area contributed by atoms with Crippen molar-refractivity contribution in [1.82, 2.24) is 9.80 Å². The van der Waals surface area contributed by atoms with Gasteiger partial charge in [-0.15, -0.1) is 0 Å². The smallest absolute Gasteiger partial charge is 0.310 e. The second-order valence-corrected chi connectivity index (χ2v) is 5.29. The number of nitro groups is 1. The van der Waals surface area contributed by atoms with Crippen molar-refractivity contribution in [2.45, 2.75) is 6.10 Å². The fraction of sp³-hybridized carbons (Fsp3) is 0.571. The van der Waals surface area contributed by atoms with Crippen LogP contribution in [-0.2, 0) is 0 Å². The van der Waals surface area contributed by atoms with E-state index in [2.05, 4.69) is 16.8 Å². The van der Waals surface area contributed by atoms with Gasteiger partial charge < -0.3 is 14.7 Å². The van der Waals surface area contributed by atoms with Crippen molar-refractivity contribution in [1.29, 1.82) is 0 Å². The second-order valence-electron chi connectivity index (χ2n) is 5.29. The summed E-state index contributed by atoms with van der Waals surface area (Å²) in [7, 11) is 2.07. The molecule has 1 aromatic rings. The highest BCUT2D eigenvalue weighted by Crippen LogP contribution is 2.25. The van der Waals surface area contributed by atoms with Crippen molar-refractivity contribution in [3.05, 3.63) is 34.4 Å². The molecule has 1 aliphatic rings. The summed E-state index contributed by atoms with van der Waals surface area (Å²) in [6, 6.07) is 6.20. The van der Waals surface area contributed by atoms with Crippen LogP contribution in [0, 0.1) is 10.1 Å². The first-order chi connectivity index (χ1) is 10.1. The van der Waals surface area contributed by atoms with Gasteiger partial charge in [0.1, 0.15) is 12.7 Å². The summed E-state index contributed by atoms with van der Waals surface area (Å²) in [5.41, 5.74) is -0.0794. The summed E-state index contributed by atoms with van der Waals surface area (Å²) in [6.45, 7) is 4.37. The van der Waals surface area contributed by atoms with Crippen LogP contribution in [-0.4, -0.2) is 72.3 Å². The molecular formula is C14H21N3O4. The van der Waals surface area contributed by atoms with Gasteiger partial charge in [0.05, 0.1) is 4.92 Å². The summed E-state index contributed by atoms with van der Waals surface area (Å²) in [4.78, 5) is 14.8. The molecule has 1 heterocycles. The van der Waals surface area contributed by atoms with E-state index in [1.807, 2.05) is 0 Å². The van der Waals surface area contributed by atoms with Gasteiger partial charge in [-0.3, -0.25) is 15.0 Å². The minimum Gasteiger partial charge on any atom is -0.484 e. The number of ether oxygens (including phenoxy) is 1. The van der Waals surface area contributed by atoms with Gasteiger partial charge >= 0.3 is 5.69 Å². The van der Waals surface area contributed by atoms with Gasteiger partial charge in [0.15, 0.2) is 5.75 Å². The van der Waals surface area contributed by atoms with Gasteiger partial charge in [0, 0.05) is 38.8 Å². The van der Waals surface area contributed by atoms with Crippen molar-refractivity contribution in [3.8, 4) is 5.75 Å². The first-order valence-electron chi connectivity index (χ1n) is 7.01. The molecule has 1 N–H and O–H groups in total. The van der Waals surface area contributed by atoms with Crippen LogP contribution in [0.25, 0.3) is 0 Å². The molecule has 1 atom stereocenters. The molecule has 0 radical (unpaired) electrons. The number of likely N-dealkylation sites (N-methyl/N-ethyl adjacent to an activating group) is 1. The van der Waals surface area contributed by atoms with E-state index in [0.717, 1.165) is 26.2 Å². The highest BCUT2D eigenvalue weighted by atomic mass is 16.6. The van der Waals surface area contributed by atoms with Crippen molar-refractivity contribution in [2.24, 2.45) is 0 Å². The normalized spacial score (nSPS) is 18.4. The molecule has 0 saturated carbocycles. The molecule has 1 aromatic carbocycles. The van der Waals surface area contributed by atoms with Crippen molar-refractivity contribution < 1.29 is 14.8 Å². The Balaban J connectivity index is 1.81. The molecule has 1 saturated heterocycles. The number of hydrogen-bond donors (Lipinski definition) is 1. The standard InChI is InChI=1S/C14H21N3O4/c1-15-6-8-16(9-7-15)10-12(18)11-21-14-5-3-2-4-13(14)17(19)20/h2-5,12,18H,6-11H2,1H3. The summed E-state index contributed by atoms with van der Waals surface area (Å²) in [5.74, 6) is 0.194. The Kier molecular flexibility index (Phi) is 5.49. The first kappa shape index (κ1) is 15.7. The molecule has 0 aromatic heterocycles. The zero-order valence-corrected chi connectivity index (χ0v) is 12.1. The minimum absolute atomic E-state index is 0.0528. The van der Waals surface area contributed by atoms with E-state index in [1.165, 1.54) is 6.07 Å². The summed E-state index contributed by atoms with van der Waals surface area (Å²) in [5, 5.41) is 20.9. The molecule has 1 aliphatic heterocycles. The number of benzene rings is 1. The fourth-order valence-corrected chi connectivity index (χ4v) is 2.30. The van der Waals surface area contributed by atoms with Gasteiger partial charge in [-0.2, -0.15) is 0 Å². The molecule has 0 spiro atoms. The topological polar surface area (TPSA) is 79.1 Å². The van der Waals surface area contributed by atoms with Crippen LogP contribution < -0.4 is 4.74 Å². The van der Waals surface area contributed by atoms with E-state index in [1.54, 1.807) is 18.2 Å². The largest absolute Gasteiger partial charge is 0.484 e. The molecule has 7 nitrogen and oxygen atoms in total. The van der Waals surface area contributed by atoms with E-state index in [9.17, 15) is 15.2 Å². The van der Waals surface area contributed by atoms with Crippen LogP contribution in [0.15, 0.2) is 24.3 Å². The molecule has 0 bridgehead atoms. The average molecular weight is 295 g/mol. The highest BCUT2D eigenvalue weighted by Gasteiger charge is 2.19. The van der Waals surface area contributed by atoms with Gasteiger partial charge in [0.25, 0.3) is 0 Å². The summed E-state index contributed by atoms with van der Waals surface area (Å²) in [6.07, 6.45) is -0.659. The Hall–Kier alpha value is -1.70. The third-order valence-corrected chi connectivity index (χ3v) is 3.56. The molecule has 0 amide bonds. The quantitative estimate of drug-likeness (QED) is 0.611. The third-order valence-electron chi connectivity index (χ3n) is 3.56. The van der Waals surface area contributed by atoms with Crippen LogP contribution >= 0.6 is 0 Å². The average Bonchev–Trinajstić information content (AvgIpc) is 2.48. The highest BCUT2D eigenvalue weighted by molar-refractivity contribution is 5.45. The number of rotatable bonds is 6. The van der Waals surface area contributed by atoms with Crippen LogP contribution in [0.2, 0.25) is 0 Å². The minimum atomic E-state index is -0.659. The Labute approximate surface area is 123 Å². The Morgan fingerprint density at radius 3 is 2.67 bits per heavy atom. The SMILES string of the molecule is CN1CCN(CC(O)COc2ccccc2[N+](=O)[O-])CC1. The molecule has 2 rings (SSSR count). The molecule has 7 heteroatoms. The van der Waals surface area contributed by atoms with Crippen LogP contribution in [0.3, 0.4) is 0 Å². The predicted molar refractivity (Wildman–Crippen MR) is 78.5 cm³/mol. The van der Waals surface area contributed by atoms with Crippen LogP contribution in [0.4, 0.5) is 5.69 Å². The maximum atomic E-state index is 10.9. The number of nitrogens with zero attached hydrogens (tertiary/aromatic N) is 3. The van der Waals surface area contributed by atoms with Crippen LogP contribution in [0.5, 0.6) is 5.75 Å². The molecule has 1 fully saturated rings. The predicted octanol–water partition coefficient (Wildman–Crippen LogP) is 0.582. The monoisotopic (exact) mass is 295 g/mol. The van der Waals surface area contributed by atoms with Crippen molar-refractivity contribution in [3.63, 3.8) is 0 Å². The maximum absolute atomic E-state index is 10.9. The fourth-order valence-electron chi connectivity index (χ4n) is 2.30. The number of para-hydroxylation sites is 2. The van der Waals surface area contributed by atoms with E-state index in [4.69, 9.17) is 4.74 Å². The Morgan fingerprint density at radius 2 is 2.00 bits per heavy atom. The van der Waals surface area contributed by atoms with Crippen molar-refractivity contribution in [2.75, 3.05) is 46.4 Å². The molecule has 1 unspecified atom stereocenters. The lowest BCUT2D eigenvalue weighted by Crippen LogP contribution is -2.47. The van der Waals surface area contributed by atoms with Crippen molar-refractivity contribution >= 4 is 5.69 Å². The Morgan fingerprint density at radius 1 is 1.33 bits per heavy atom. The number of aliphatic hydroxyl groups excluding tert-OH is 1. The molecular weight excluding hydrogens is 274 g/mol. The van der Waals surface area contributed by atoms with Gasteiger partial charge in [0.2, 0.25) is 0 Å². The summed E-state index contributed by atoms with van der Waals surface area (Å²) >= 11 is 0.